The minimum atomic E-state index is -3.38. The van der Waals surface area contributed by atoms with Gasteiger partial charge in [-0.2, -0.15) is 0 Å². The van der Waals surface area contributed by atoms with Crippen LogP contribution in [0.25, 0.3) is 0 Å². The molecule has 4 nitrogen and oxygen atoms in total. The summed E-state index contributed by atoms with van der Waals surface area (Å²) < 4.78 is 27.3. The smallest absolute Gasteiger partial charge is 0.250 e. The lowest BCUT2D eigenvalue weighted by Gasteiger charge is -2.15. The molecule has 0 amide bonds. The summed E-state index contributed by atoms with van der Waals surface area (Å²) in [6.45, 7) is 11.4. The number of rotatable bonds is 6. The van der Waals surface area contributed by atoms with Crippen molar-refractivity contribution in [3.05, 3.63) is 17.0 Å². The van der Waals surface area contributed by atoms with E-state index in [2.05, 4.69) is 30.8 Å². The number of sulfonamides is 1. The zero-order valence-electron chi connectivity index (χ0n) is 12.7. The van der Waals surface area contributed by atoms with E-state index in [0.29, 0.717) is 10.8 Å². The van der Waals surface area contributed by atoms with Gasteiger partial charge < -0.3 is 5.32 Å². The summed E-state index contributed by atoms with van der Waals surface area (Å²) >= 11 is 1.34. The number of likely N-dealkylation sites (N-methyl/N-ethyl adjacent to an activating group) is 1. The summed E-state index contributed by atoms with van der Waals surface area (Å²) in [4.78, 5) is 1.08. The van der Waals surface area contributed by atoms with Gasteiger partial charge in [-0.15, -0.1) is 23.7 Å². The Kier molecular flexibility index (Phi) is 7.70. The van der Waals surface area contributed by atoms with Crippen LogP contribution in [0.4, 0.5) is 0 Å². The van der Waals surface area contributed by atoms with Crippen molar-refractivity contribution in [2.75, 3.05) is 13.1 Å². The van der Waals surface area contributed by atoms with Gasteiger partial charge in [-0.1, -0.05) is 27.7 Å². The van der Waals surface area contributed by atoms with E-state index in [1.165, 1.54) is 11.3 Å². The molecule has 0 unspecified atom stereocenters. The Hall–Kier alpha value is -0.140. The second-order valence-electron chi connectivity index (χ2n) is 5.68. The van der Waals surface area contributed by atoms with Crippen LogP contribution in [-0.4, -0.2) is 27.5 Å². The van der Waals surface area contributed by atoms with Crippen molar-refractivity contribution in [1.29, 1.82) is 0 Å². The van der Waals surface area contributed by atoms with E-state index in [0.717, 1.165) is 11.4 Å². The molecular weight excluding hydrogens is 316 g/mol. The molecule has 0 aromatic carbocycles. The Balaban J connectivity index is 0.00000361. The molecule has 0 aliphatic heterocycles. The maximum Gasteiger partial charge on any atom is 0.250 e. The standard InChI is InChI=1S/C13H24N2O2S2.ClH/c1-6-14-10(2)9-15-19(16,17)12-8-7-11(18-12)13(3,4)5;/h7-8,10,14-15H,6,9H2,1-5H3;1H/t10-;/m1./s1. The van der Waals surface area contributed by atoms with Gasteiger partial charge in [0.1, 0.15) is 4.21 Å². The Labute approximate surface area is 132 Å². The van der Waals surface area contributed by atoms with E-state index >= 15 is 0 Å². The van der Waals surface area contributed by atoms with E-state index in [1.807, 2.05) is 19.9 Å². The lowest BCUT2D eigenvalue weighted by Crippen LogP contribution is -2.38. The SMILES string of the molecule is CCN[C@H](C)CNS(=O)(=O)c1ccc(C(C)(C)C)s1.Cl. The molecular formula is C13H25ClN2O2S2. The third kappa shape index (κ3) is 5.69. The predicted molar refractivity (Wildman–Crippen MR) is 88.6 cm³/mol. The largest absolute Gasteiger partial charge is 0.313 e. The molecule has 0 bridgehead atoms. The first-order valence-corrected chi connectivity index (χ1v) is 8.80. The Morgan fingerprint density at radius 1 is 1.30 bits per heavy atom. The second kappa shape index (κ2) is 7.75. The third-order valence-corrected chi connectivity index (χ3v) is 6.14. The maximum atomic E-state index is 12.2. The highest BCUT2D eigenvalue weighted by Crippen LogP contribution is 2.31. The molecule has 0 fully saturated rings. The molecule has 0 aliphatic carbocycles. The molecule has 0 saturated carbocycles. The first-order chi connectivity index (χ1) is 8.66. The summed E-state index contributed by atoms with van der Waals surface area (Å²) in [6, 6.07) is 3.71. The number of thiophene rings is 1. The van der Waals surface area contributed by atoms with Gasteiger partial charge in [0, 0.05) is 17.5 Å². The molecule has 1 aromatic rings. The van der Waals surface area contributed by atoms with Crippen LogP contribution < -0.4 is 10.0 Å². The Morgan fingerprint density at radius 2 is 1.90 bits per heavy atom. The minimum Gasteiger partial charge on any atom is -0.313 e. The molecule has 2 N–H and O–H groups in total. The number of hydrogen-bond donors (Lipinski definition) is 2. The Morgan fingerprint density at radius 3 is 2.35 bits per heavy atom. The van der Waals surface area contributed by atoms with Gasteiger partial charge in [-0.3, -0.25) is 0 Å². The van der Waals surface area contributed by atoms with Gasteiger partial charge >= 0.3 is 0 Å². The van der Waals surface area contributed by atoms with E-state index in [-0.39, 0.29) is 23.9 Å². The van der Waals surface area contributed by atoms with Crippen LogP contribution >= 0.6 is 23.7 Å². The van der Waals surface area contributed by atoms with Crippen LogP contribution in [-0.2, 0) is 15.4 Å². The van der Waals surface area contributed by atoms with Crippen molar-refractivity contribution in [3.63, 3.8) is 0 Å². The quantitative estimate of drug-likeness (QED) is 0.837. The molecule has 0 radical (unpaired) electrons. The number of nitrogens with one attached hydrogen (secondary N) is 2. The van der Waals surface area contributed by atoms with Crippen LogP contribution in [0, 0.1) is 0 Å². The van der Waals surface area contributed by atoms with Crippen LogP contribution in [0.2, 0.25) is 0 Å². The van der Waals surface area contributed by atoms with Gasteiger partial charge in [0.2, 0.25) is 10.0 Å². The highest BCUT2D eigenvalue weighted by Gasteiger charge is 2.22. The normalized spacial score (nSPS) is 13.8. The minimum absolute atomic E-state index is 0. The first kappa shape index (κ1) is 19.9. The summed E-state index contributed by atoms with van der Waals surface area (Å²) in [5, 5.41) is 3.18. The molecule has 1 atom stereocenters. The highest BCUT2D eigenvalue weighted by molar-refractivity contribution is 7.91. The van der Waals surface area contributed by atoms with Crippen LogP contribution in [0.15, 0.2) is 16.3 Å². The van der Waals surface area contributed by atoms with Gasteiger partial charge in [-0.25, -0.2) is 13.1 Å². The molecule has 1 heterocycles. The molecule has 7 heteroatoms. The van der Waals surface area contributed by atoms with Crippen molar-refractivity contribution in [3.8, 4) is 0 Å². The number of hydrogen-bond acceptors (Lipinski definition) is 4. The zero-order chi connectivity index (χ0) is 14.7. The van der Waals surface area contributed by atoms with E-state index < -0.39 is 10.0 Å². The fourth-order valence-corrected chi connectivity index (χ4v) is 4.13. The van der Waals surface area contributed by atoms with E-state index in [9.17, 15) is 8.42 Å². The fourth-order valence-electron chi connectivity index (χ4n) is 1.59. The fraction of sp³-hybridized carbons (Fsp3) is 0.692. The van der Waals surface area contributed by atoms with Gasteiger partial charge in [0.15, 0.2) is 0 Å². The van der Waals surface area contributed by atoms with E-state index in [1.54, 1.807) is 6.07 Å². The molecule has 0 spiro atoms. The second-order valence-corrected chi connectivity index (χ2v) is 8.76. The average Bonchev–Trinajstić information content (AvgIpc) is 2.76. The monoisotopic (exact) mass is 340 g/mol. The van der Waals surface area contributed by atoms with Crippen molar-refractivity contribution in [2.24, 2.45) is 0 Å². The third-order valence-electron chi connectivity index (χ3n) is 2.72. The predicted octanol–water partition coefficient (Wildman–Crippen LogP) is 2.74. The molecule has 1 aromatic heterocycles. The van der Waals surface area contributed by atoms with Crippen molar-refractivity contribution in [1.82, 2.24) is 10.0 Å². The summed E-state index contributed by atoms with van der Waals surface area (Å²) in [5.74, 6) is 0. The maximum absolute atomic E-state index is 12.2. The van der Waals surface area contributed by atoms with Crippen LogP contribution in [0.5, 0.6) is 0 Å². The number of halogens is 1. The van der Waals surface area contributed by atoms with Crippen LogP contribution in [0.3, 0.4) is 0 Å². The highest BCUT2D eigenvalue weighted by atomic mass is 35.5. The molecule has 0 saturated heterocycles. The van der Waals surface area contributed by atoms with Gasteiger partial charge in [-0.05, 0) is 31.0 Å². The first-order valence-electron chi connectivity index (χ1n) is 6.50. The lowest BCUT2D eigenvalue weighted by atomic mass is 9.95. The Bertz CT molecular complexity index is 507. The van der Waals surface area contributed by atoms with E-state index in [4.69, 9.17) is 0 Å². The summed E-state index contributed by atoms with van der Waals surface area (Å²) in [5.41, 5.74) is -0.0184. The van der Waals surface area contributed by atoms with Crippen LogP contribution in [0.1, 0.15) is 39.5 Å². The van der Waals surface area contributed by atoms with Gasteiger partial charge in [0.25, 0.3) is 0 Å². The average molecular weight is 341 g/mol. The van der Waals surface area contributed by atoms with Crippen molar-refractivity contribution >= 4 is 33.8 Å². The molecule has 0 aliphatic rings. The topological polar surface area (TPSA) is 58.2 Å². The lowest BCUT2D eigenvalue weighted by molar-refractivity contribution is 0.537. The van der Waals surface area contributed by atoms with Gasteiger partial charge in [0.05, 0.1) is 0 Å². The zero-order valence-corrected chi connectivity index (χ0v) is 15.1. The summed E-state index contributed by atoms with van der Waals surface area (Å²) in [7, 11) is -3.38. The molecule has 118 valence electrons. The molecule has 1 rings (SSSR count). The van der Waals surface area contributed by atoms with Crippen molar-refractivity contribution < 1.29 is 8.42 Å². The summed E-state index contributed by atoms with van der Waals surface area (Å²) in [6.07, 6.45) is 0. The molecule has 20 heavy (non-hydrogen) atoms. The van der Waals surface area contributed by atoms with Crippen molar-refractivity contribution in [2.45, 2.75) is 50.3 Å².